The lowest BCUT2D eigenvalue weighted by molar-refractivity contribution is 0.0934. The van der Waals surface area contributed by atoms with Crippen molar-refractivity contribution in [3.8, 4) is 0 Å². The van der Waals surface area contributed by atoms with Crippen LogP contribution in [0.15, 0.2) is 6.07 Å². The number of carbonyl (C=O) groups excluding carboxylic acids is 1. The van der Waals surface area contributed by atoms with Crippen molar-refractivity contribution in [1.29, 1.82) is 0 Å². The summed E-state index contributed by atoms with van der Waals surface area (Å²) in [5, 5.41) is 12.5. The molecule has 0 radical (unpaired) electrons. The number of aromatic nitrogens is 2. The third kappa shape index (κ3) is 4.35. The number of amides is 1. The van der Waals surface area contributed by atoms with Gasteiger partial charge in [0.05, 0.1) is 16.6 Å². The topological polar surface area (TPSA) is 59.0 Å². The van der Waals surface area contributed by atoms with E-state index in [9.17, 15) is 4.79 Å². The van der Waals surface area contributed by atoms with Crippen LogP contribution in [-0.4, -0.2) is 34.8 Å². The first kappa shape index (κ1) is 21.5. The molecule has 1 saturated heterocycles. The number of aryl methyl sites for hydroxylation is 1. The van der Waals surface area contributed by atoms with Crippen molar-refractivity contribution in [3.63, 3.8) is 0 Å². The van der Waals surface area contributed by atoms with Crippen LogP contribution in [-0.2, 0) is 0 Å². The zero-order chi connectivity index (χ0) is 16.5. The molecule has 2 aliphatic rings. The summed E-state index contributed by atoms with van der Waals surface area (Å²) in [4.78, 5) is 14.6. The fourth-order valence-corrected chi connectivity index (χ4v) is 5.12. The average Bonchev–Trinajstić information content (AvgIpc) is 3.18. The Labute approximate surface area is 171 Å². The maximum absolute atomic E-state index is 12.6. The van der Waals surface area contributed by atoms with Crippen LogP contribution in [0.4, 0.5) is 0 Å². The summed E-state index contributed by atoms with van der Waals surface area (Å²) in [6.07, 6.45) is 8.39. The SMILES string of the molecule is Cc1nn(C2CCCCC2)c2sc(C(=O)NC3CCNCC3)cc12.Cl.Cl. The van der Waals surface area contributed by atoms with Crippen molar-refractivity contribution >= 4 is 52.3 Å². The van der Waals surface area contributed by atoms with Gasteiger partial charge in [0.25, 0.3) is 5.91 Å². The first-order valence-corrected chi connectivity index (χ1v) is 10.0. The second kappa shape index (κ2) is 9.40. The highest BCUT2D eigenvalue weighted by Gasteiger charge is 2.23. The molecule has 1 saturated carbocycles. The number of thiophene rings is 1. The number of rotatable bonds is 3. The number of hydrogen-bond donors (Lipinski definition) is 2. The number of halogens is 2. The average molecular weight is 419 g/mol. The highest BCUT2D eigenvalue weighted by molar-refractivity contribution is 7.20. The molecule has 0 aromatic carbocycles. The van der Waals surface area contributed by atoms with Gasteiger partial charge in [-0.05, 0) is 51.8 Å². The van der Waals surface area contributed by atoms with Crippen LogP contribution in [0.3, 0.4) is 0 Å². The van der Waals surface area contributed by atoms with Crippen LogP contribution >= 0.6 is 36.2 Å². The number of fused-ring (bicyclic) bond motifs is 1. The van der Waals surface area contributed by atoms with Crippen molar-refractivity contribution in [2.45, 2.75) is 64.0 Å². The van der Waals surface area contributed by atoms with E-state index >= 15 is 0 Å². The highest BCUT2D eigenvalue weighted by atomic mass is 35.5. The zero-order valence-corrected chi connectivity index (χ0v) is 17.6. The lowest BCUT2D eigenvalue weighted by Gasteiger charge is -2.23. The summed E-state index contributed by atoms with van der Waals surface area (Å²) in [5.41, 5.74) is 1.05. The third-order valence-electron chi connectivity index (χ3n) is 5.39. The number of nitrogens with one attached hydrogen (secondary N) is 2. The summed E-state index contributed by atoms with van der Waals surface area (Å²) in [5.74, 6) is 0.0812. The lowest BCUT2D eigenvalue weighted by atomic mass is 9.96. The predicted octanol–water partition coefficient (Wildman–Crippen LogP) is 4.24. The number of hydrogen-bond acceptors (Lipinski definition) is 4. The summed E-state index contributed by atoms with van der Waals surface area (Å²) in [7, 11) is 0. The quantitative estimate of drug-likeness (QED) is 0.783. The molecule has 146 valence electrons. The Bertz CT molecular complexity index is 733. The van der Waals surface area contributed by atoms with Crippen LogP contribution < -0.4 is 10.6 Å². The van der Waals surface area contributed by atoms with Crippen molar-refractivity contribution in [2.75, 3.05) is 13.1 Å². The normalized spacial score (nSPS) is 19.0. The van der Waals surface area contributed by atoms with Gasteiger partial charge in [-0.15, -0.1) is 36.2 Å². The van der Waals surface area contributed by atoms with E-state index in [2.05, 4.69) is 22.2 Å². The summed E-state index contributed by atoms with van der Waals surface area (Å²) in [6.45, 7) is 4.04. The lowest BCUT2D eigenvalue weighted by Crippen LogP contribution is -2.42. The molecule has 2 fully saturated rings. The molecule has 0 bridgehead atoms. The molecule has 1 aliphatic carbocycles. The number of piperidine rings is 1. The Morgan fingerprint density at radius 1 is 1.19 bits per heavy atom. The molecule has 2 aromatic rings. The van der Waals surface area contributed by atoms with Gasteiger partial charge in [0.2, 0.25) is 0 Å². The first-order chi connectivity index (χ1) is 11.7. The molecule has 4 rings (SSSR count). The van der Waals surface area contributed by atoms with Gasteiger partial charge < -0.3 is 10.6 Å². The fraction of sp³-hybridized carbons (Fsp3) is 0.667. The molecule has 26 heavy (non-hydrogen) atoms. The van der Waals surface area contributed by atoms with Gasteiger partial charge in [0.1, 0.15) is 4.83 Å². The predicted molar refractivity (Wildman–Crippen MR) is 112 cm³/mol. The third-order valence-corrected chi connectivity index (χ3v) is 6.51. The molecular formula is C18H28Cl2N4OS. The molecule has 2 aromatic heterocycles. The smallest absolute Gasteiger partial charge is 0.261 e. The fourth-order valence-electron chi connectivity index (χ4n) is 3.98. The molecule has 1 aliphatic heterocycles. The van der Waals surface area contributed by atoms with Gasteiger partial charge in [0, 0.05) is 11.4 Å². The molecular weight excluding hydrogens is 391 g/mol. The van der Waals surface area contributed by atoms with Gasteiger partial charge in [0.15, 0.2) is 0 Å². The number of carbonyl (C=O) groups is 1. The van der Waals surface area contributed by atoms with E-state index in [1.807, 2.05) is 6.07 Å². The van der Waals surface area contributed by atoms with Gasteiger partial charge in [-0.25, -0.2) is 0 Å². The highest BCUT2D eigenvalue weighted by Crippen LogP contribution is 2.35. The second-order valence-corrected chi connectivity index (χ2v) is 8.18. The molecule has 8 heteroatoms. The minimum atomic E-state index is 0. The van der Waals surface area contributed by atoms with Gasteiger partial charge >= 0.3 is 0 Å². The Hall–Kier alpha value is -0.820. The Morgan fingerprint density at radius 3 is 2.58 bits per heavy atom. The van der Waals surface area contributed by atoms with Crippen molar-refractivity contribution in [3.05, 3.63) is 16.6 Å². The molecule has 0 unspecified atom stereocenters. The van der Waals surface area contributed by atoms with E-state index < -0.39 is 0 Å². The maximum Gasteiger partial charge on any atom is 0.261 e. The largest absolute Gasteiger partial charge is 0.349 e. The summed E-state index contributed by atoms with van der Waals surface area (Å²) < 4.78 is 2.20. The summed E-state index contributed by atoms with van der Waals surface area (Å²) in [6, 6.07) is 2.85. The van der Waals surface area contributed by atoms with Crippen LogP contribution in [0.25, 0.3) is 10.2 Å². The molecule has 0 spiro atoms. The van der Waals surface area contributed by atoms with Gasteiger partial charge in [-0.2, -0.15) is 5.10 Å². The van der Waals surface area contributed by atoms with Crippen LogP contribution in [0.5, 0.6) is 0 Å². The standard InChI is InChI=1S/C18H26N4OS.2ClH/c1-12-15-11-16(17(23)20-13-7-9-19-10-8-13)24-18(15)22(21-12)14-5-3-2-4-6-14;;/h11,13-14,19H,2-10H2,1H3,(H,20,23);2*1H. The number of nitrogens with zero attached hydrogens (tertiary/aromatic N) is 2. The van der Waals surface area contributed by atoms with Crippen molar-refractivity contribution in [1.82, 2.24) is 20.4 Å². The van der Waals surface area contributed by atoms with Crippen molar-refractivity contribution < 1.29 is 4.79 Å². The molecule has 0 atom stereocenters. The Balaban J connectivity index is 0.00000121. The molecule has 3 heterocycles. The Morgan fingerprint density at radius 2 is 1.88 bits per heavy atom. The van der Waals surface area contributed by atoms with Crippen LogP contribution in [0, 0.1) is 6.92 Å². The second-order valence-electron chi connectivity index (χ2n) is 7.15. The van der Waals surface area contributed by atoms with E-state index in [0.29, 0.717) is 12.1 Å². The summed E-state index contributed by atoms with van der Waals surface area (Å²) >= 11 is 1.61. The zero-order valence-electron chi connectivity index (χ0n) is 15.1. The molecule has 2 N–H and O–H groups in total. The monoisotopic (exact) mass is 418 g/mol. The van der Waals surface area contributed by atoms with Gasteiger partial charge in [-0.3, -0.25) is 9.48 Å². The minimum absolute atomic E-state index is 0. The van der Waals surface area contributed by atoms with Crippen LogP contribution in [0.2, 0.25) is 0 Å². The van der Waals surface area contributed by atoms with E-state index in [4.69, 9.17) is 5.10 Å². The molecule has 1 amide bonds. The van der Waals surface area contributed by atoms with E-state index in [-0.39, 0.29) is 30.7 Å². The van der Waals surface area contributed by atoms with Crippen molar-refractivity contribution in [2.24, 2.45) is 0 Å². The Kier molecular flexibility index (Phi) is 7.76. The maximum atomic E-state index is 12.6. The van der Waals surface area contributed by atoms with E-state index in [1.54, 1.807) is 11.3 Å². The van der Waals surface area contributed by atoms with Crippen LogP contribution in [0.1, 0.15) is 66.4 Å². The van der Waals surface area contributed by atoms with E-state index in [0.717, 1.165) is 41.9 Å². The van der Waals surface area contributed by atoms with Gasteiger partial charge in [-0.1, -0.05) is 19.3 Å². The molecule has 5 nitrogen and oxygen atoms in total. The first-order valence-electron chi connectivity index (χ1n) is 9.22. The van der Waals surface area contributed by atoms with E-state index in [1.165, 1.54) is 36.9 Å². The minimum Gasteiger partial charge on any atom is -0.349 e.